The number of para-hydroxylation sites is 1. The number of rotatable bonds is 7. The molecule has 2 amide bonds. The highest BCUT2D eigenvalue weighted by Crippen LogP contribution is 2.31. The van der Waals surface area contributed by atoms with Crippen molar-refractivity contribution in [2.24, 2.45) is 5.92 Å². The average molecular weight is 469 g/mol. The number of ether oxygens (including phenoxy) is 1. The monoisotopic (exact) mass is 468 g/mol. The van der Waals surface area contributed by atoms with Crippen LogP contribution in [-0.4, -0.2) is 34.7 Å². The molecule has 2 heterocycles. The molecule has 1 aliphatic rings. The Morgan fingerprint density at radius 2 is 2.07 bits per heavy atom. The van der Waals surface area contributed by atoms with Gasteiger partial charge in [-0.15, -0.1) is 0 Å². The predicted octanol–water partition coefficient (Wildman–Crippen LogP) is 3.72. The third-order valence-electron chi connectivity index (χ3n) is 4.89. The van der Waals surface area contributed by atoms with E-state index in [4.69, 9.17) is 4.74 Å². The van der Waals surface area contributed by atoms with E-state index in [9.17, 15) is 9.59 Å². The number of benzene rings is 2. The predicted molar refractivity (Wildman–Crippen MR) is 117 cm³/mol. The normalized spacial score (nSPS) is 16.0. The van der Waals surface area contributed by atoms with Crippen LogP contribution in [0, 0.1) is 5.92 Å². The van der Waals surface area contributed by atoms with Gasteiger partial charge in [-0.25, -0.2) is 0 Å². The summed E-state index contributed by atoms with van der Waals surface area (Å²) in [6.45, 7) is 1.46. The lowest BCUT2D eigenvalue weighted by Gasteiger charge is -2.18. The van der Waals surface area contributed by atoms with Gasteiger partial charge in [-0.2, -0.15) is 5.10 Å². The van der Waals surface area contributed by atoms with Crippen molar-refractivity contribution >= 4 is 39.1 Å². The number of carbonyl (C=O) groups excluding carboxylic acids is 2. The number of aromatic nitrogens is 2. The molecule has 1 saturated heterocycles. The summed E-state index contributed by atoms with van der Waals surface area (Å²) < 4.78 is 8.38. The van der Waals surface area contributed by atoms with Crippen LogP contribution in [0.5, 0.6) is 5.75 Å². The van der Waals surface area contributed by atoms with Crippen LogP contribution < -0.4 is 15.0 Å². The summed E-state index contributed by atoms with van der Waals surface area (Å²) in [4.78, 5) is 26.9. The van der Waals surface area contributed by atoms with E-state index in [0.717, 1.165) is 10.2 Å². The fourth-order valence-corrected chi connectivity index (χ4v) is 3.88. The molecular weight excluding hydrogens is 448 g/mol. The SMILES string of the molecule is O=C(Nc1cccc(OCCn2cccn2)c1)C1CC(=O)N(c2ccccc2Br)C1. The second-order valence-corrected chi connectivity index (χ2v) is 7.85. The fraction of sp³-hybridized carbons (Fsp3) is 0.227. The third-order valence-corrected chi connectivity index (χ3v) is 5.56. The first-order chi connectivity index (χ1) is 14.6. The van der Waals surface area contributed by atoms with Gasteiger partial charge in [0.2, 0.25) is 11.8 Å². The van der Waals surface area contributed by atoms with Crippen molar-refractivity contribution in [3.8, 4) is 5.75 Å². The zero-order valence-electron chi connectivity index (χ0n) is 16.2. The molecule has 0 aliphatic carbocycles. The van der Waals surface area contributed by atoms with Gasteiger partial charge in [0.15, 0.2) is 0 Å². The van der Waals surface area contributed by atoms with E-state index in [0.29, 0.717) is 31.1 Å². The van der Waals surface area contributed by atoms with Gasteiger partial charge in [0.1, 0.15) is 12.4 Å². The summed E-state index contributed by atoms with van der Waals surface area (Å²) in [5.74, 6) is 0.0237. The largest absolute Gasteiger partial charge is 0.492 e. The number of halogens is 1. The van der Waals surface area contributed by atoms with Crippen LogP contribution in [0.2, 0.25) is 0 Å². The molecule has 0 radical (unpaired) electrons. The lowest BCUT2D eigenvalue weighted by atomic mass is 10.1. The Kier molecular flexibility index (Phi) is 6.13. The van der Waals surface area contributed by atoms with Gasteiger partial charge in [0, 0.05) is 41.6 Å². The first kappa shape index (κ1) is 20.2. The number of amides is 2. The lowest BCUT2D eigenvalue weighted by Crippen LogP contribution is -2.28. The summed E-state index contributed by atoms with van der Waals surface area (Å²) in [5, 5.41) is 7.04. The number of hydrogen-bond donors (Lipinski definition) is 1. The molecular formula is C22H21BrN4O3. The van der Waals surface area contributed by atoms with E-state index >= 15 is 0 Å². The zero-order valence-corrected chi connectivity index (χ0v) is 17.8. The molecule has 0 spiro atoms. The van der Waals surface area contributed by atoms with Gasteiger partial charge in [0.05, 0.1) is 18.2 Å². The van der Waals surface area contributed by atoms with Gasteiger partial charge < -0.3 is 15.0 Å². The molecule has 1 aromatic heterocycles. The Labute approximate surface area is 182 Å². The van der Waals surface area contributed by atoms with Crippen molar-refractivity contribution in [3.63, 3.8) is 0 Å². The summed E-state index contributed by atoms with van der Waals surface area (Å²) in [6, 6.07) is 16.6. The van der Waals surface area contributed by atoms with Crippen molar-refractivity contribution in [3.05, 3.63) is 71.5 Å². The molecule has 2 aromatic carbocycles. The minimum atomic E-state index is -0.408. The van der Waals surface area contributed by atoms with E-state index in [-0.39, 0.29) is 18.2 Å². The summed E-state index contributed by atoms with van der Waals surface area (Å²) in [6.07, 6.45) is 3.79. The molecule has 1 fully saturated rings. The molecule has 0 bridgehead atoms. The van der Waals surface area contributed by atoms with Crippen molar-refractivity contribution in [1.82, 2.24) is 9.78 Å². The van der Waals surface area contributed by atoms with Crippen LogP contribution in [-0.2, 0) is 16.1 Å². The minimum Gasteiger partial charge on any atom is -0.492 e. The van der Waals surface area contributed by atoms with E-state index in [1.807, 2.05) is 48.7 Å². The smallest absolute Gasteiger partial charge is 0.229 e. The zero-order chi connectivity index (χ0) is 20.9. The number of hydrogen-bond acceptors (Lipinski definition) is 4. The van der Waals surface area contributed by atoms with Gasteiger partial charge in [-0.3, -0.25) is 14.3 Å². The summed E-state index contributed by atoms with van der Waals surface area (Å²) in [7, 11) is 0. The van der Waals surface area contributed by atoms with E-state index < -0.39 is 5.92 Å². The van der Waals surface area contributed by atoms with Crippen LogP contribution in [0.25, 0.3) is 0 Å². The molecule has 1 unspecified atom stereocenters. The fourth-order valence-electron chi connectivity index (χ4n) is 3.38. The molecule has 7 nitrogen and oxygen atoms in total. The Bertz CT molecular complexity index is 1040. The van der Waals surface area contributed by atoms with Gasteiger partial charge in [-0.05, 0) is 46.3 Å². The maximum absolute atomic E-state index is 12.7. The van der Waals surface area contributed by atoms with Crippen molar-refractivity contribution < 1.29 is 14.3 Å². The van der Waals surface area contributed by atoms with Crippen LogP contribution in [0.1, 0.15) is 6.42 Å². The lowest BCUT2D eigenvalue weighted by molar-refractivity contribution is -0.122. The second-order valence-electron chi connectivity index (χ2n) is 6.99. The van der Waals surface area contributed by atoms with E-state index in [1.165, 1.54) is 0 Å². The maximum atomic E-state index is 12.7. The molecule has 0 saturated carbocycles. The van der Waals surface area contributed by atoms with Gasteiger partial charge >= 0.3 is 0 Å². The van der Waals surface area contributed by atoms with Crippen molar-refractivity contribution in [1.29, 1.82) is 0 Å². The molecule has 1 atom stereocenters. The van der Waals surface area contributed by atoms with Crippen LogP contribution in [0.15, 0.2) is 71.5 Å². The quantitative estimate of drug-likeness (QED) is 0.573. The Morgan fingerprint density at radius 3 is 2.87 bits per heavy atom. The topological polar surface area (TPSA) is 76.5 Å². The van der Waals surface area contributed by atoms with E-state index in [2.05, 4.69) is 26.3 Å². The highest BCUT2D eigenvalue weighted by atomic mass is 79.9. The summed E-state index contributed by atoms with van der Waals surface area (Å²) >= 11 is 3.47. The van der Waals surface area contributed by atoms with Crippen molar-refractivity contribution in [2.45, 2.75) is 13.0 Å². The number of nitrogens with zero attached hydrogens (tertiary/aromatic N) is 3. The third kappa shape index (κ3) is 4.71. The Morgan fingerprint density at radius 1 is 1.20 bits per heavy atom. The molecule has 8 heteroatoms. The number of carbonyl (C=O) groups is 2. The highest BCUT2D eigenvalue weighted by molar-refractivity contribution is 9.10. The molecule has 154 valence electrons. The van der Waals surface area contributed by atoms with E-state index in [1.54, 1.807) is 27.9 Å². The average Bonchev–Trinajstić information content (AvgIpc) is 3.39. The van der Waals surface area contributed by atoms with Crippen LogP contribution in [0.4, 0.5) is 11.4 Å². The minimum absolute atomic E-state index is 0.0576. The van der Waals surface area contributed by atoms with Crippen LogP contribution in [0.3, 0.4) is 0 Å². The first-order valence-corrected chi connectivity index (χ1v) is 10.5. The Balaban J connectivity index is 1.35. The second kappa shape index (κ2) is 9.13. The summed E-state index contributed by atoms with van der Waals surface area (Å²) in [5.41, 5.74) is 1.42. The molecule has 3 aromatic rings. The highest BCUT2D eigenvalue weighted by Gasteiger charge is 2.35. The molecule has 4 rings (SSSR count). The van der Waals surface area contributed by atoms with Crippen LogP contribution >= 0.6 is 15.9 Å². The standard InChI is InChI=1S/C22H21BrN4O3/c23-19-7-1-2-8-20(19)27-15-16(13-21(27)28)22(29)25-17-5-3-6-18(14-17)30-12-11-26-10-4-9-24-26/h1-10,14,16H,11-13,15H2,(H,25,29). The molecule has 30 heavy (non-hydrogen) atoms. The molecule has 1 aliphatic heterocycles. The van der Waals surface area contributed by atoms with Gasteiger partial charge in [0.25, 0.3) is 0 Å². The van der Waals surface area contributed by atoms with Crippen molar-refractivity contribution in [2.75, 3.05) is 23.4 Å². The first-order valence-electron chi connectivity index (χ1n) is 9.66. The van der Waals surface area contributed by atoms with Gasteiger partial charge in [-0.1, -0.05) is 18.2 Å². The number of nitrogens with one attached hydrogen (secondary N) is 1. The molecule has 1 N–H and O–H groups in total. The number of anilines is 2. The maximum Gasteiger partial charge on any atom is 0.229 e. The Hall–Kier alpha value is -3.13.